The van der Waals surface area contributed by atoms with Crippen LogP contribution in [0, 0.1) is 12.7 Å². The third-order valence-electron chi connectivity index (χ3n) is 4.73. The van der Waals surface area contributed by atoms with E-state index >= 15 is 0 Å². The van der Waals surface area contributed by atoms with Crippen LogP contribution >= 0.6 is 0 Å². The lowest BCUT2D eigenvalue weighted by Crippen LogP contribution is -2.38. The molecule has 140 valence electrons. The molecule has 0 saturated heterocycles. The molecule has 0 bridgehead atoms. The molecular formula is C19H27FN6. The minimum atomic E-state index is -0.177. The van der Waals surface area contributed by atoms with E-state index in [0.29, 0.717) is 12.1 Å². The summed E-state index contributed by atoms with van der Waals surface area (Å²) in [7, 11) is 1.74. The largest absolute Gasteiger partial charge is 0.356 e. The van der Waals surface area contributed by atoms with Crippen molar-refractivity contribution in [1.82, 2.24) is 25.4 Å². The van der Waals surface area contributed by atoms with Crippen molar-refractivity contribution in [3.63, 3.8) is 0 Å². The molecule has 1 aromatic carbocycles. The molecule has 0 saturated carbocycles. The zero-order valence-electron chi connectivity index (χ0n) is 15.6. The summed E-state index contributed by atoms with van der Waals surface area (Å²) in [5, 5.41) is 15.3. The summed E-state index contributed by atoms with van der Waals surface area (Å²) in [5.74, 6) is 2.71. The van der Waals surface area contributed by atoms with Gasteiger partial charge in [0.25, 0.3) is 0 Å². The van der Waals surface area contributed by atoms with Gasteiger partial charge in [0.15, 0.2) is 5.96 Å². The van der Waals surface area contributed by atoms with Gasteiger partial charge in [0.2, 0.25) is 0 Å². The van der Waals surface area contributed by atoms with Gasteiger partial charge in [-0.05, 0) is 37.0 Å². The van der Waals surface area contributed by atoms with E-state index < -0.39 is 0 Å². The molecule has 0 unspecified atom stereocenters. The molecule has 0 radical (unpaired) electrons. The van der Waals surface area contributed by atoms with E-state index in [2.05, 4.69) is 30.4 Å². The zero-order valence-corrected chi connectivity index (χ0v) is 15.6. The predicted octanol–water partition coefficient (Wildman–Crippen LogP) is 2.36. The fourth-order valence-electron chi connectivity index (χ4n) is 3.25. The van der Waals surface area contributed by atoms with E-state index in [-0.39, 0.29) is 5.82 Å². The first-order valence-corrected chi connectivity index (χ1v) is 9.28. The van der Waals surface area contributed by atoms with E-state index in [1.807, 2.05) is 6.07 Å². The second kappa shape index (κ2) is 8.78. The number of halogens is 1. The minimum absolute atomic E-state index is 0.177. The van der Waals surface area contributed by atoms with Crippen molar-refractivity contribution >= 4 is 5.96 Å². The predicted molar refractivity (Wildman–Crippen MR) is 101 cm³/mol. The van der Waals surface area contributed by atoms with Crippen LogP contribution in [0.15, 0.2) is 23.2 Å². The normalized spacial score (nSPS) is 14.7. The Balaban J connectivity index is 1.49. The summed E-state index contributed by atoms with van der Waals surface area (Å²) in [5.41, 5.74) is 1.68. The van der Waals surface area contributed by atoms with Crippen LogP contribution in [0.5, 0.6) is 0 Å². The van der Waals surface area contributed by atoms with Gasteiger partial charge in [0.1, 0.15) is 17.5 Å². The fourth-order valence-corrected chi connectivity index (χ4v) is 3.25. The molecule has 0 atom stereocenters. The van der Waals surface area contributed by atoms with Crippen LogP contribution in [0.3, 0.4) is 0 Å². The summed E-state index contributed by atoms with van der Waals surface area (Å²) >= 11 is 0. The molecule has 1 aliphatic rings. The molecule has 0 aliphatic carbocycles. The van der Waals surface area contributed by atoms with Crippen LogP contribution in [0.25, 0.3) is 0 Å². The first kappa shape index (κ1) is 18.4. The van der Waals surface area contributed by atoms with Gasteiger partial charge in [-0.3, -0.25) is 4.99 Å². The topological polar surface area (TPSA) is 67.1 Å². The highest BCUT2D eigenvalue weighted by atomic mass is 19.1. The minimum Gasteiger partial charge on any atom is -0.356 e. The van der Waals surface area contributed by atoms with Crippen LogP contribution in [-0.2, 0) is 25.9 Å². The average molecular weight is 358 g/mol. The van der Waals surface area contributed by atoms with Gasteiger partial charge < -0.3 is 15.2 Å². The Morgan fingerprint density at radius 1 is 1.23 bits per heavy atom. The van der Waals surface area contributed by atoms with Gasteiger partial charge in [-0.2, -0.15) is 0 Å². The molecule has 7 heteroatoms. The highest BCUT2D eigenvalue weighted by molar-refractivity contribution is 5.79. The highest BCUT2D eigenvalue weighted by Crippen LogP contribution is 2.14. The van der Waals surface area contributed by atoms with Crippen molar-refractivity contribution in [1.29, 1.82) is 0 Å². The molecule has 2 heterocycles. The first-order valence-electron chi connectivity index (χ1n) is 9.28. The number of nitrogens with one attached hydrogen (secondary N) is 2. The SMILES string of the molecule is CN=C(NCCc1nnc2n1CCCCC2)NCc1ccc(F)c(C)c1. The molecule has 2 aromatic rings. The lowest BCUT2D eigenvalue weighted by Gasteiger charge is -2.13. The summed E-state index contributed by atoms with van der Waals surface area (Å²) in [4.78, 5) is 4.24. The summed E-state index contributed by atoms with van der Waals surface area (Å²) in [6.45, 7) is 4.13. The van der Waals surface area contributed by atoms with Crippen molar-refractivity contribution in [2.75, 3.05) is 13.6 Å². The van der Waals surface area contributed by atoms with Crippen molar-refractivity contribution in [2.45, 2.75) is 52.1 Å². The Labute approximate surface area is 153 Å². The average Bonchev–Trinajstić information content (AvgIpc) is 2.87. The number of aliphatic imine (C=N–C) groups is 1. The van der Waals surface area contributed by atoms with Crippen LogP contribution in [0.4, 0.5) is 4.39 Å². The second-order valence-corrected chi connectivity index (χ2v) is 6.68. The Bertz CT molecular complexity index is 767. The van der Waals surface area contributed by atoms with Crippen LogP contribution in [-0.4, -0.2) is 34.3 Å². The molecule has 26 heavy (non-hydrogen) atoms. The van der Waals surface area contributed by atoms with Gasteiger partial charge in [-0.1, -0.05) is 18.6 Å². The van der Waals surface area contributed by atoms with Gasteiger partial charge >= 0.3 is 0 Å². The Morgan fingerprint density at radius 2 is 2.12 bits per heavy atom. The van der Waals surface area contributed by atoms with E-state index in [9.17, 15) is 4.39 Å². The molecule has 0 fully saturated rings. The zero-order chi connectivity index (χ0) is 18.4. The van der Waals surface area contributed by atoms with Gasteiger partial charge in [0.05, 0.1) is 0 Å². The third kappa shape index (κ3) is 4.59. The van der Waals surface area contributed by atoms with Crippen molar-refractivity contribution in [3.05, 3.63) is 46.8 Å². The molecule has 0 spiro atoms. The van der Waals surface area contributed by atoms with Crippen LogP contribution in [0.1, 0.15) is 42.0 Å². The maximum absolute atomic E-state index is 13.3. The van der Waals surface area contributed by atoms with Crippen molar-refractivity contribution in [2.24, 2.45) is 4.99 Å². The van der Waals surface area contributed by atoms with E-state index in [0.717, 1.165) is 49.1 Å². The number of guanidine groups is 1. The fraction of sp³-hybridized carbons (Fsp3) is 0.526. The summed E-state index contributed by atoms with van der Waals surface area (Å²) in [6.07, 6.45) is 5.51. The number of aromatic nitrogens is 3. The van der Waals surface area contributed by atoms with Gasteiger partial charge in [-0.25, -0.2) is 4.39 Å². The lowest BCUT2D eigenvalue weighted by atomic mass is 10.1. The standard InChI is InChI=1S/C19H27FN6/c1-14-12-15(7-8-16(14)20)13-23-19(21-2)22-10-9-18-25-24-17-6-4-3-5-11-26(17)18/h7-8,12H,3-6,9-11,13H2,1-2H3,(H2,21,22,23). The number of hydrogen-bond donors (Lipinski definition) is 2. The Morgan fingerprint density at radius 3 is 2.92 bits per heavy atom. The maximum Gasteiger partial charge on any atom is 0.191 e. The molecule has 2 N–H and O–H groups in total. The highest BCUT2D eigenvalue weighted by Gasteiger charge is 2.14. The van der Waals surface area contributed by atoms with Crippen molar-refractivity contribution < 1.29 is 4.39 Å². The van der Waals surface area contributed by atoms with Crippen LogP contribution < -0.4 is 10.6 Å². The number of benzene rings is 1. The molecule has 6 nitrogen and oxygen atoms in total. The quantitative estimate of drug-likeness (QED) is 0.636. The van der Waals surface area contributed by atoms with Gasteiger partial charge in [-0.15, -0.1) is 10.2 Å². The lowest BCUT2D eigenvalue weighted by molar-refractivity contribution is 0.600. The first-order chi connectivity index (χ1) is 12.7. The molecule has 3 rings (SSSR count). The Hall–Kier alpha value is -2.44. The number of hydrogen-bond acceptors (Lipinski definition) is 3. The summed E-state index contributed by atoms with van der Waals surface area (Å²) < 4.78 is 15.6. The molecular weight excluding hydrogens is 331 g/mol. The molecule has 1 aliphatic heterocycles. The molecule has 0 amide bonds. The van der Waals surface area contributed by atoms with E-state index in [1.54, 1.807) is 20.0 Å². The molecule has 1 aromatic heterocycles. The number of rotatable bonds is 5. The van der Waals surface area contributed by atoms with Gasteiger partial charge in [0, 0.05) is 39.5 Å². The van der Waals surface area contributed by atoms with Crippen molar-refractivity contribution in [3.8, 4) is 0 Å². The van der Waals surface area contributed by atoms with E-state index in [1.165, 1.54) is 25.3 Å². The van der Waals surface area contributed by atoms with E-state index in [4.69, 9.17) is 0 Å². The monoisotopic (exact) mass is 358 g/mol. The summed E-state index contributed by atoms with van der Waals surface area (Å²) in [6, 6.07) is 5.13. The number of nitrogens with zero attached hydrogens (tertiary/aromatic N) is 4. The smallest absolute Gasteiger partial charge is 0.191 e. The maximum atomic E-state index is 13.3. The number of aryl methyl sites for hydroxylation is 2. The van der Waals surface area contributed by atoms with Crippen LogP contribution in [0.2, 0.25) is 0 Å². The Kier molecular flexibility index (Phi) is 6.20. The third-order valence-corrected chi connectivity index (χ3v) is 4.73. The number of fused-ring (bicyclic) bond motifs is 1. The second-order valence-electron chi connectivity index (χ2n) is 6.68.